The normalized spacial score (nSPS) is 27.0. The Labute approximate surface area is 83.6 Å². The summed E-state index contributed by atoms with van der Waals surface area (Å²) < 4.78 is 10.6. The van der Waals surface area contributed by atoms with Crippen molar-refractivity contribution < 1.29 is 9.26 Å². The lowest BCUT2D eigenvalue weighted by Gasteiger charge is -2.14. The first-order valence-corrected chi connectivity index (χ1v) is 4.95. The molecular weight excluding hydrogens is 180 g/mol. The van der Waals surface area contributed by atoms with E-state index >= 15 is 0 Å². The van der Waals surface area contributed by atoms with Gasteiger partial charge in [-0.3, -0.25) is 0 Å². The Morgan fingerprint density at radius 2 is 2.50 bits per heavy atom. The van der Waals surface area contributed by atoms with Gasteiger partial charge in [-0.2, -0.15) is 0 Å². The molecule has 1 aromatic rings. The molecule has 0 spiro atoms. The number of aromatic nitrogens is 1. The quantitative estimate of drug-likeness (QED) is 0.775. The molecule has 0 radical (unpaired) electrons. The molecule has 2 atom stereocenters. The SMILES string of the molecule is CO[C@H]1CNC[C@H]1Cc1cc(C)no1. The monoisotopic (exact) mass is 196 g/mol. The number of methoxy groups -OCH3 is 1. The third-order valence-corrected chi connectivity index (χ3v) is 2.72. The van der Waals surface area contributed by atoms with Crippen molar-refractivity contribution >= 4 is 0 Å². The van der Waals surface area contributed by atoms with Crippen molar-refractivity contribution in [1.29, 1.82) is 0 Å². The molecule has 0 amide bonds. The first-order chi connectivity index (χ1) is 6.79. The zero-order valence-corrected chi connectivity index (χ0v) is 8.62. The number of aryl methyl sites for hydroxylation is 1. The summed E-state index contributed by atoms with van der Waals surface area (Å²) in [6.45, 7) is 3.88. The minimum absolute atomic E-state index is 0.306. The summed E-state index contributed by atoms with van der Waals surface area (Å²) in [5.74, 6) is 1.46. The molecule has 1 aromatic heterocycles. The van der Waals surface area contributed by atoms with Crippen LogP contribution in [0.25, 0.3) is 0 Å². The average Bonchev–Trinajstić information content (AvgIpc) is 2.76. The van der Waals surface area contributed by atoms with E-state index in [2.05, 4.69) is 10.5 Å². The van der Waals surface area contributed by atoms with Crippen LogP contribution in [-0.4, -0.2) is 31.5 Å². The van der Waals surface area contributed by atoms with Gasteiger partial charge >= 0.3 is 0 Å². The second kappa shape index (κ2) is 4.11. The van der Waals surface area contributed by atoms with Crippen LogP contribution < -0.4 is 5.32 Å². The molecule has 1 fully saturated rings. The molecule has 1 aliphatic rings. The van der Waals surface area contributed by atoms with Gasteiger partial charge in [-0.1, -0.05) is 5.16 Å². The lowest BCUT2D eigenvalue weighted by molar-refractivity contribution is 0.0807. The van der Waals surface area contributed by atoms with Crippen LogP contribution in [0.2, 0.25) is 0 Å². The standard InChI is InChI=1S/C10H16N2O2/c1-7-3-9(14-12-7)4-8-5-11-6-10(8)13-2/h3,8,10-11H,4-6H2,1-2H3/t8-,10+/m1/s1. The highest BCUT2D eigenvalue weighted by atomic mass is 16.5. The summed E-state index contributed by atoms with van der Waals surface area (Å²) in [6.07, 6.45) is 1.22. The molecule has 2 heterocycles. The summed E-state index contributed by atoms with van der Waals surface area (Å²) in [7, 11) is 1.76. The van der Waals surface area contributed by atoms with Crippen LogP contribution in [0.3, 0.4) is 0 Å². The maximum absolute atomic E-state index is 5.38. The highest BCUT2D eigenvalue weighted by Gasteiger charge is 2.27. The third-order valence-electron chi connectivity index (χ3n) is 2.72. The number of hydrogen-bond acceptors (Lipinski definition) is 4. The molecule has 0 saturated carbocycles. The van der Waals surface area contributed by atoms with Gasteiger partial charge in [0.2, 0.25) is 0 Å². The van der Waals surface area contributed by atoms with E-state index in [-0.39, 0.29) is 0 Å². The number of nitrogens with one attached hydrogen (secondary N) is 1. The molecule has 0 unspecified atom stereocenters. The van der Waals surface area contributed by atoms with Gasteiger partial charge in [0.25, 0.3) is 0 Å². The lowest BCUT2D eigenvalue weighted by Crippen LogP contribution is -2.22. The van der Waals surface area contributed by atoms with Crippen molar-refractivity contribution in [2.24, 2.45) is 5.92 Å². The molecule has 4 heteroatoms. The Kier molecular flexibility index (Phi) is 2.84. The van der Waals surface area contributed by atoms with E-state index < -0.39 is 0 Å². The topological polar surface area (TPSA) is 47.3 Å². The average molecular weight is 196 g/mol. The maximum Gasteiger partial charge on any atom is 0.137 e. The molecule has 14 heavy (non-hydrogen) atoms. The summed E-state index contributed by atoms with van der Waals surface area (Å²) in [5.41, 5.74) is 0.944. The van der Waals surface area contributed by atoms with E-state index in [1.165, 1.54) is 0 Å². The maximum atomic E-state index is 5.38. The number of nitrogens with zero attached hydrogens (tertiary/aromatic N) is 1. The van der Waals surface area contributed by atoms with Gasteiger partial charge in [0.1, 0.15) is 5.76 Å². The van der Waals surface area contributed by atoms with Crippen molar-refractivity contribution in [1.82, 2.24) is 10.5 Å². The van der Waals surface area contributed by atoms with Gasteiger partial charge in [0.05, 0.1) is 11.8 Å². The molecule has 1 N–H and O–H groups in total. The Morgan fingerprint density at radius 1 is 1.64 bits per heavy atom. The van der Waals surface area contributed by atoms with E-state index in [4.69, 9.17) is 9.26 Å². The second-order valence-electron chi connectivity index (χ2n) is 3.83. The minimum atomic E-state index is 0.306. The molecule has 1 aliphatic heterocycles. The van der Waals surface area contributed by atoms with E-state index in [0.717, 1.165) is 31.0 Å². The molecule has 0 aliphatic carbocycles. The van der Waals surface area contributed by atoms with Crippen molar-refractivity contribution in [2.45, 2.75) is 19.4 Å². The Hall–Kier alpha value is -0.870. The Morgan fingerprint density at radius 3 is 3.14 bits per heavy atom. The van der Waals surface area contributed by atoms with Crippen molar-refractivity contribution in [3.63, 3.8) is 0 Å². The number of rotatable bonds is 3. The van der Waals surface area contributed by atoms with Gasteiger partial charge in [-0.05, 0) is 6.92 Å². The smallest absolute Gasteiger partial charge is 0.137 e. The highest BCUT2D eigenvalue weighted by molar-refractivity contribution is 5.05. The largest absolute Gasteiger partial charge is 0.380 e. The van der Waals surface area contributed by atoms with Gasteiger partial charge in [0.15, 0.2) is 0 Å². The Balaban J connectivity index is 1.96. The van der Waals surface area contributed by atoms with Crippen LogP contribution in [0.15, 0.2) is 10.6 Å². The summed E-state index contributed by atoms with van der Waals surface area (Å²) in [5, 5.41) is 7.19. The fourth-order valence-electron chi connectivity index (χ4n) is 1.96. The van der Waals surface area contributed by atoms with Gasteiger partial charge in [-0.15, -0.1) is 0 Å². The van der Waals surface area contributed by atoms with E-state index in [1.54, 1.807) is 7.11 Å². The number of hydrogen-bond donors (Lipinski definition) is 1. The van der Waals surface area contributed by atoms with E-state index in [1.807, 2.05) is 13.0 Å². The van der Waals surface area contributed by atoms with Crippen LogP contribution in [0.5, 0.6) is 0 Å². The first-order valence-electron chi connectivity index (χ1n) is 4.95. The zero-order chi connectivity index (χ0) is 9.97. The van der Waals surface area contributed by atoms with Crippen LogP contribution in [-0.2, 0) is 11.2 Å². The number of ether oxygens (including phenoxy) is 1. The molecular formula is C10H16N2O2. The first kappa shape index (κ1) is 9.68. The highest BCUT2D eigenvalue weighted by Crippen LogP contribution is 2.18. The fourth-order valence-corrected chi connectivity index (χ4v) is 1.96. The van der Waals surface area contributed by atoms with Crippen LogP contribution in [0, 0.1) is 12.8 Å². The van der Waals surface area contributed by atoms with E-state index in [9.17, 15) is 0 Å². The van der Waals surface area contributed by atoms with Crippen molar-refractivity contribution in [3.8, 4) is 0 Å². The molecule has 4 nitrogen and oxygen atoms in total. The third kappa shape index (κ3) is 1.96. The zero-order valence-electron chi connectivity index (χ0n) is 8.62. The molecule has 0 bridgehead atoms. The van der Waals surface area contributed by atoms with Crippen molar-refractivity contribution in [3.05, 3.63) is 17.5 Å². The van der Waals surface area contributed by atoms with E-state index in [0.29, 0.717) is 12.0 Å². The van der Waals surface area contributed by atoms with Gasteiger partial charge < -0.3 is 14.6 Å². The predicted octanol–water partition coefficient (Wildman–Crippen LogP) is 0.760. The fraction of sp³-hybridized carbons (Fsp3) is 0.700. The Bertz CT molecular complexity index is 298. The summed E-state index contributed by atoms with van der Waals surface area (Å²) in [4.78, 5) is 0. The second-order valence-corrected chi connectivity index (χ2v) is 3.83. The van der Waals surface area contributed by atoms with Crippen molar-refractivity contribution in [2.75, 3.05) is 20.2 Å². The van der Waals surface area contributed by atoms with Gasteiger partial charge in [0, 0.05) is 38.6 Å². The molecule has 2 rings (SSSR count). The minimum Gasteiger partial charge on any atom is -0.380 e. The van der Waals surface area contributed by atoms with Crippen LogP contribution in [0.1, 0.15) is 11.5 Å². The van der Waals surface area contributed by atoms with Gasteiger partial charge in [-0.25, -0.2) is 0 Å². The lowest BCUT2D eigenvalue weighted by atomic mass is 10.0. The predicted molar refractivity (Wildman–Crippen MR) is 52.1 cm³/mol. The van der Waals surface area contributed by atoms with Crippen LogP contribution in [0.4, 0.5) is 0 Å². The van der Waals surface area contributed by atoms with Crippen LogP contribution >= 0.6 is 0 Å². The molecule has 0 aromatic carbocycles. The molecule has 1 saturated heterocycles. The summed E-state index contributed by atoms with van der Waals surface area (Å²) >= 11 is 0. The molecule has 78 valence electrons. The summed E-state index contributed by atoms with van der Waals surface area (Å²) in [6, 6.07) is 1.99.